The first-order valence-electron chi connectivity index (χ1n) is 7.81. The molecule has 0 saturated heterocycles. The van der Waals surface area contributed by atoms with Crippen molar-refractivity contribution in [2.75, 3.05) is 6.61 Å². The van der Waals surface area contributed by atoms with Gasteiger partial charge in [-0.3, -0.25) is 0 Å². The zero-order valence-electron chi connectivity index (χ0n) is 12.8. The predicted octanol–water partition coefficient (Wildman–Crippen LogP) is 4.29. The van der Waals surface area contributed by atoms with Crippen LogP contribution in [0.25, 0.3) is 0 Å². The molecule has 0 spiro atoms. The van der Waals surface area contributed by atoms with Crippen LogP contribution in [0.5, 0.6) is 5.75 Å². The summed E-state index contributed by atoms with van der Waals surface area (Å²) in [5.74, 6) is 1.62. The Bertz CT molecular complexity index is 564. The number of hydrogen-bond donors (Lipinski definition) is 1. The molecule has 3 rings (SSSR count). The van der Waals surface area contributed by atoms with Gasteiger partial charge in [0.25, 0.3) is 0 Å². The zero-order valence-corrected chi connectivity index (χ0v) is 12.8. The van der Waals surface area contributed by atoms with Gasteiger partial charge in [0.2, 0.25) is 0 Å². The second-order valence-electron chi connectivity index (χ2n) is 5.75. The molecule has 0 radical (unpaired) electrons. The van der Waals surface area contributed by atoms with Crippen molar-refractivity contribution in [2.24, 2.45) is 0 Å². The standard InChI is InChI=1S/C19H23NO/c1-3-21-17-11-9-15(10-12-17)14(2)20-19-13-18(19)16-7-5-4-6-8-16/h4-12,14,18-20H,3,13H2,1-2H3. The molecule has 1 fully saturated rings. The summed E-state index contributed by atoms with van der Waals surface area (Å²) in [6, 6.07) is 20.2. The average molecular weight is 281 g/mol. The van der Waals surface area contributed by atoms with E-state index in [2.05, 4.69) is 66.8 Å². The summed E-state index contributed by atoms with van der Waals surface area (Å²) in [6.45, 7) is 4.96. The van der Waals surface area contributed by atoms with Gasteiger partial charge < -0.3 is 10.1 Å². The Labute approximate surface area is 127 Å². The van der Waals surface area contributed by atoms with Crippen molar-refractivity contribution < 1.29 is 4.74 Å². The van der Waals surface area contributed by atoms with Crippen LogP contribution < -0.4 is 10.1 Å². The van der Waals surface area contributed by atoms with Gasteiger partial charge >= 0.3 is 0 Å². The Kier molecular flexibility index (Phi) is 4.26. The second kappa shape index (κ2) is 6.31. The first kappa shape index (κ1) is 14.2. The van der Waals surface area contributed by atoms with Crippen LogP contribution in [0.4, 0.5) is 0 Å². The lowest BCUT2D eigenvalue weighted by atomic mass is 10.1. The highest BCUT2D eigenvalue weighted by Gasteiger charge is 2.38. The van der Waals surface area contributed by atoms with Crippen LogP contribution in [0.2, 0.25) is 0 Å². The van der Waals surface area contributed by atoms with E-state index in [0.29, 0.717) is 24.6 Å². The van der Waals surface area contributed by atoms with Crippen molar-refractivity contribution in [1.82, 2.24) is 5.32 Å². The molecule has 0 heterocycles. The minimum absolute atomic E-state index is 0.374. The van der Waals surface area contributed by atoms with Crippen LogP contribution in [0.1, 0.15) is 43.4 Å². The number of benzene rings is 2. The highest BCUT2D eigenvalue weighted by molar-refractivity contribution is 5.31. The van der Waals surface area contributed by atoms with Crippen molar-refractivity contribution in [1.29, 1.82) is 0 Å². The molecule has 0 aliphatic heterocycles. The maximum absolute atomic E-state index is 5.49. The van der Waals surface area contributed by atoms with Gasteiger partial charge in [-0.15, -0.1) is 0 Å². The molecule has 3 atom stereocenters. The lowest BCUT2D eigenvalue weighted by Crippen LogP contribution is -2.22. The molecule has 0 bridgehead atoms. The maximum atomic E-state index is 5.49. The van der Waals surface area contributed by atoms with Crippen LogP contribution in [-0.2, 0) is 0 Å². The molecule has 110 valence electrons. The number of hydrogen-bond acceptors (Lipinski definition) is 2. The van der Waals surface area contributed by atoms with E-state index in [9.17, 15) is 0 Å². The molecule has 2 aromatic rings. The molecule has 1 saturated carbocycles. The van der Waals surface area contributed by atoms with Gasteiger partial charge in [0.05, 0.1) is 6.61 Å². The van der Waals surface area contributed by atoms with E-state index in [4.69, 9.17) is 4.74 Å². The van der Waals surface area contributed by atoms with E-state index in [-0.39, 0.29) is 0 Å². The van der Waals surface area contributed by atoms with Crippen LogP contribution in [0.15, 0.2) is 54.6 Å². The Balaban J connectivity index is 1.56. The van der Waals surface area contributed by atoms with Crippen LogP contribution in [0.3, 0.4) is 0 Å². The number of nitrogens with one attached hydrogen (secondary N) is 1. The normalized spacial score (nSPS) is 21.8. The number of rotatable bonds is 6. The third-order valence-corrected chi connectivity index (χ3v) is 4.17. The molecule has 1 N–H and O–H groups in total. The predicted molar refractivity (Wildman–Crippen MR) is 86.7 cm³/mol. The van der Waals surface area contributed by atoms with Crippen LogP contribution >= 0.6 is 0 Å². The van der Waals surface area contributed by atoms with Gasteiger partial charge in [-0.1, -0.05) is 42.5 Å². The van der Waals surface area contributed by atoms with Gasteiger partial charge in [-0.25, -0.2) is 0 Å². The summed E-state index contributed by atoms with van der Waals surface area (Å²) in [6.07, 6.45) is 1.24. The summed E-state index contributed by atoms with van der Waals surface area (Å²) >= 11 is 0. The third kappa shape index (κ3) is 3.45. The minimum atomic E-state index is 0.374. The maximum Gasteiger partial charge on any atom is 0.119 e. The third-order valence-electron chi connectivity index (χ3n) is 4.17. The van der Waals surface area contributed by atoms with E-state index in [1.165, 1.54) is 17.5 Å². The largest absolute Gasteiger partial charge is 0.494 e. The Morgan fingerprint density at radius 3 is 2.48 bits per heavy atom. The van der Waals surface area contributed by atoms with Gasteiger partial charge in [0.1, 0.15) is 5.75 Å². The summed E-state index contributed by atoms with van der Waals surface area (Å²) in [5, 5.41) is 3.73. The monoisotopic (exact) mass is 281 g/mol. The lowest BCUT2D eigenvalue weighted by Gasteiger charge is -2.15. The topological polar surface area (TPSA) is 21.3 Å². The van der Waals surface area contributed by atoms with Gasteiger partial charge in [-0.05, 0) is 43.5 Å². The highest BCUT2D eigenvalue weighted by Crippen LogP contribution is 2.41. The molecule has 1 aliphatic rings. The fourth-order valence-electron chi connectivity index (χ4n) is 2.88. The summed E-state index contributed by atoms with van der Waals surface area (Å²) < 4.78 is 5.49. The van der Waals surface area contributed by atoms with Gasteiger partial charge in [0, 0.05) is 18.0 Å². The highest BCUT2D eigenvalue weighted by atomic mass is 16.5. The fourth-order valence-corrected chi connectivity index (χ4v) is 2.88. The smallest absolute Gasteiger partial charge is 0.119 e. The van der Waals surface area contributed by atoms with Crippen LogP contribution in [0, 0.1) is 0 Å². The molecular formula is C19H23NO. The Morgan fingerprint density at radius 1 is 1.10 bits per heavy atom. The molecule has 2 aromatic carbocycles. The molecule has 3 unspecified atom stereocenters. The zero-order chi connectivity index (χ0) is 14.7. The minimum Gasteiger partial charge on any atom is -0.494 e. The number of ether oxygens (including phenoxy) is 1. The van der Waals surface area contributed by atoms with E-state index < -0.39 is 0 Å². The van der Waals surface area contributed by atoms with Gasteiger partial charge in [0.15, 0.2) is 0 Å². The van der Waals surface area contributed by atoms with Crippen molar-refractivity contribution in [3.63, 3.8) is 0 Å². The molecular weight excluding hydrogens is 258 g/mol. The Morgan fingerprint density at radius 2 is 1.81 bits per heavy atom. The van der Waals surface area contributed by atoms with E-state index >= 15 is 0 Å². The van der Waals surface area contributed by atoms with E-state index in [0.717, 1.165) is 5.75 Å². The fraction of sp³-hybridized carbons (Fsp3) is 0.368. The summed E-state index contributed by atoms with van der Waals surface area (Å²) in [4.78, 5) is 0. The first-order valence-corrected chi connectivity index (χ1v) is 7.81. The summed E-state index contributed by atoms with van der Waals surface area (Å²) in [7, 11) is 0. The average Bonchev–Trinajstić information content (AvgIpc) is 3.28. The van der Waals surface area contributed by atoms with Crippen molar-refractivity contribution >= 4 is 0 Å². The molecule has 2 heteroatoms. The van der Waals surface area contributed by atoms with Crippen molar-refractivity contribution in [3.05, 3.63) is 65.7 Å². The quantitative estimate of drug-likeness (QED) is 0.852. The summed E-state index contributed by atoms with van der Waals surface area (Å²) in [5.41, 5.74) is 2.77. The van der Waals surface area contributed by atoms with Crippen molar-refractivity contribution in [2.45, 2.75) is 38.3 Å². The second-order valence-corrected chi connectivity index (χ2v) is 5.75. The SMILES string of the molecule is CCOc1ccc(C(C)NC2CC2c2ccccc2)cc1. The van der Waals surface area contributed by atoms with Crippen LogP contribution in [-0.4, -0.2) is 12.6 Å². The first-order chi connectivity index (χ1) is 10.3. The van der Waals surface area contributed by atoms with E-state index in [1.54, 1.807) is 0 Å². The van der Waals surface area contributed by atoms with Crippen molar-refractivity contribution in [3.8, 4) is 5.75 Å². The molecule has 21 heavy (non-hydrogen) atoms. The molecule has 2 nitrogen and oxygen atoms in total. The molecule has 0 aromatic heterocycles. The van der Waals surface area contributed by atoms with Gasteiger partial charge in [-0.2, -0.15) is 0 Å². The molecule has 1 aliphatic carbocycles. The Hall–Kier alpha value is -1.80. The molecule has 0 amide bonds. The van der Waals surface area contributed by atoms with E-state index in [1.807, 2.05) is 6.92 Å². The lowest BCUT2D eigenvalue weighted by molar-refractivity contribution is 0.340.